The lowest BCUT2D eigenvalue weighted by molar-refractivity contribution is -0.324. The SMILES string of the molecule is Cc1ccc(C(O)(O)O)cn1. The van der Waals surface area contributed by atoms with Gasteiger partial charge in [-0.25, -0.2) is 0 Å². The quantitative estimate of drug-likeness (QED) is 0.477. The first-order valence-electron chi connectivity index (χ1n) is 3.10. The largest absolute Gasteiger partial charge is 0.340 e. The molecule has 60 valence electrons. The van der Waals surface area contributed by atoms with Gasteiger partial charge in [0.25, 0.3) is 0 Å². The number of rotatable bonds is 1. The Bertz CT molecular complexity index is 237. The molecule has 4 heteroatoms. The fourth-order valence-electron chi connectivity index (χ4n) is 0.666. The van der Waals surface area contributed by atoms with Crippen molar-refractivity contribution in [3.05, 3.63) is 29.6 Å². The van der Waals surface area contributed by atoms with Gasteiger partial charge in [0.1, 0.15) is 0 Å². The summed E-state index contributed by atoms with van der Waals surface area (Å²) in [5.74, 6) is -2.78. The molecule has 1 aromatic heterocycles. The molecule has 0 aliphatic carbocycles. The summed E-state index contributed by atoms with van der Waals surface area (Å²) in [6, 6.07) is 2.97. The Morgan fingerprint density at radius 3 is 2.27 bits per heavy atom. The first-order chi connectivity index (χ1) is 5.00. The third-order valence-corrected chi connectivity index (χ3v) is 1.30. The number of hydrogen-bond acceptors (Lipinski definition) is 4. The van der Waals surface area contributed by atoms with Crippen LogP contribution in [0.1, 0.15) is 11.3 Å². The van der Waals surface area contributed by atoms with Crippen LogP contribution in [0.5, 0.6) is 0 Å². The molecule has 0 radical (unpaired) electrons. The molecule has 0 atom stereocenters. The van der Waals surface area contributed by atoms with E-state index >= 15 is 0 Å². The molecule has 1 rings (SSSR count). The van der Waals surface area contributed by atoms with E-state index in [4.69, 9.17) is 15.3 Å². The zero-order chi connectivity index (χ0) is 8.48. The summed E-state index contributed by atoms with van der Waals surface area (Å²) in [6.07, 6.45) is 1.20. The minimum atomic E-state index is -2.78. The average Bonchev–Trinajstić information content (AvgIpc) is 1.86. The first kappa shape index (κ1) is 8.13. The van der Waals surface area contributed by atoms with E-state index in [0.717, 1.165) is 5.69 Å². The molecule has 1 heterocycles. The van der Waals surface area contributed by atoms with Gasteiger partial charge in [-0.2, -0.15) is 0 Å². The lowest BCUT2D eigenvalue weighted by Crippen LogP contribution is -2.23. The maximum absolute atomic E-state index is 8.65. The van der Waals surface area contributed by atoms with Gasteiger partial charge >= 0.3 is 5.97 Å². The van der Waals surface area contributed by atoms with Crippen LogP contribution >= 0.6 is 0 Å². The molecule has 0 aromatic carbocycles. The summed E-state index contributed by atoms with van der Waals surface area (Å²) in [7, 11) is 0. The molecule has 0 bridgehead atoms. The van der Waals surface area contributed by atoms with Crippen LogP contribution in [0.3, 0.4) is 0 Å². The first-order valence-corrected chi connectivity index (χ1v) is 3.10. The fraction of sp³-hybridized carbons (Fsp3) is 0.286. The van der Waals surface area contributed by atoms with Crippen LogP contribution in [-0.2, 0) is 5.97 Å². The lowest BCUT2D eigenvalue weighted by Gasteiger charge is -2.12. The van der Waals surface area contributed by atoms with Gasteiger partial charge in [0.2, 0.25) is 0 Å². The van der Waals surface area contributed by atoms with Crippen molar-refractivity contribution < 1.29 is 15.3 Å². The molecular weight excluding hydrogens is 146 g/mol. The second-order valence-corrected chi connectivity index (χ2v) is 2.32. The van der Waals surface area contributed by atoms with E-state index in [1.54, 1.807) is 13.0 Å². The monoisotopic (exact) mass is 155 g/mol. The zero-order valence-electron chi connectivity index (χ0n) is 6.02. The van der Waals surface area contributed by atoms with Gasteiger partial charge in [-0.05, 0) is 19.1 Å². The number of nitrogens with zero attached hydrogens (tertiary/aromatic N) is 1. The summed E-state index contributed by atoms with van der Waals surface area (Å²) in [6.45, 7) is 1.76. The summed E-state index contributed by atoms with van der Waals surface area (Å²) in [5.41, 5.74) is 0.709. The van der Waals surface area contributed by atoms with Crippen LogP contribution in [-0.4, -0.2) is 20.3 Å². The standard InChI is InChI=1S/C7H9NO3/c1-5-2-3-6(4-8-5)7(9,10)11/h2-4,9-11H,1H3. The highest BCUT2D eigenvalue weighted by atomic mass is 16.7. The van der Waals surface area contributed by atoms with Crippen molar-refractivity contribution in [3.8, 4) is 0 Å². The summed E-state index contributed by atoms with van der Waals surface area (Å²) in [4.78, 5) is 3.77. The van der Waals surface area contributed by atoms with Crippen molar-refractivity contribution in [2.45, 2.75) is 12.9 Å². The minimum Gasteiger partial charge on any atom is -0.340 e. The zero-order valence-corrected chi connectivity index (χ0v) is 6.02. The van der Waals surface area contributed by atoms with Gasteiger partial charge in [-0.3, -0.25) is 4.98 Å². The van der Waals surface area contributed by atoms with Gasteiger partial charge in [-0.15, -0.1) is 0 Å². The van der Waals surface area contributed by atoms with Crippen molar-refractivity contribution in [2.24, 2.45) is 0 Å². The molecule has 0 saturated heterocycles. The third-order valence-electron chi connectivity index (χ3n) is 1.30. The maximum Gasteiger partial charge on any atom is 0.305 e. The van der Waals surface area contributed by atoms with Crippen LogP contribution in [0.4, 0.5) is 0 Å². The van der Waals surface area contributed by atoms with Crippen molar-refractivity contribution in [3.63, 3.8) is 0 Å². The van der Waals surface area contributed by atoms with Crippen LogP contribution in [0, 0.1) is 6.92 Å². The highest BCUT2D eigenvalue weighted by Crippen LogP contribution is 2.12. The molecule has 11 heavy (non-hydrogen) atoms. The maximum atomic E-state index is 8.65. The van der Waals surface area contributed by atoms with Crippen LogP contribution in [0.25, 0.3) is 0 Å². The summed E-state index contributed by atoms with van der Waals surface area (Å²) < 4.78 is 0. The normalized spacial score (nSPS) is 11.6. The summed E-state index contributed by atoms with van der Waals surface area (Å²) in [5, 5.41) is 26.0. The molecule has 0 spiro atoms. The molecule has 4 nitrogen and oxygen atoms in total. The second kappa shape index (κ2) is 2.58. The average molecular weight is 155 g/mol. The van der Waals surface area contributed by atoms with Crippen molar-refractivity contribution in [1.29, 1.82) is 0 Å². The van der Waals surface area contributed by atoms with Crippen molar-refractivity contribution >= 4 is 0 Å². The Hall–Kier alpha value is -0.970. The van der Waals surface area contributed by atoms with Crippen molar-refractivity contribution in [2.75, 3.05) is 0 Å². The molecule has 0 unspecified atom stereocenters. The van der Waals surface area contributed by atoms with E-state index < -0.39 is 5.97 Å². The number of pyridine rings is 1. The lowest BCUT2D eigenvalue weighted by atomic mass is 10.2. The molecular formula is C7H9NO3. The van der Waals surface area contributed by atoms with Crippen LogP contribution in [0.15, 0.2) is 18.3 Å². The van der Waals surface area contributed by atoms with E-state index in [0.29, 0.717) is 0 Å². The number of aromatic nitrogens is 1. The van der Waals surface area contributed by atoms with Crippen LogP contribution in [0.2, 0.25) is 0 Å². The fourth-order valence-corrected chi connectivity index (χ4v) is 0.666. The molecule has 0 aliphatic heterocycles. The third kappa shape index (κ3) is 1.98. The predicted octanol–water partition coefficient (Wildman–Crippen LogP) is -0.523. The highest BCUT2D eigenvalue weighted by Gasteiger charge is 2.21. The highest BCUT2D eigenvalue weighted by molar-refractivity contribution is 5.15. The number of hydrogen-bond donors (Lipinski definition) is 3. The number of aryl methyl sites for hydroxylation is 1. The smallest absolute Gasteiger partial charge is 0.305 e. The van der Waals surface area contributed by atoms with Crippen LogP contribution < -0.4 is 0 Å². The van der Waals surface area contributed by atoms with Gasteiger partial charge in [-0.1, -0.05) is 0 Å². The van der Waals surface area contributed by atoms with E-state index in [1.807, 2.05) is 0 Å². The van der Waals surface area contributed by atoms with Gasteiger partial charge in [0, 0.05) is 11.9 Å². The minimum absolute atomic E-state index is 0.0388. The second-order valence-electron chi connectivity index (χ2n) is 2.32. The van der Waals surface area contributed by atoms with Gasteiger partial charge in [0.15, 0.2) is 0 Å². The molecule has 0 amide bonds. The van der Waals surface area contributed by atoms with E-state index in [-0.39, 0.29) is 5.56 Å². The molecule has 0 aliphatic rings. The number of aliphatic hydroxyl groups is 3. The Kier molecular flexibility index (Phi) is 1.90. The van der Waals surface area contributed by atoms with Gasteiger partial charge < -0.3 is 15.3 Å². The molecule has 3 N–H and O–H groups in total. The molecule has 1 aromatic rings. The van der Waals surface area contributed by atoms with Crippen molar-refractivity contribution in [1.82, 2.24) is 4.98 Å². The Labute approximate surface area is 63.8 Å². The Morgan fingerprint density at radius 1 is 1.27 bits per heavy atom. The Morgan fingerprint density at radius 2 is 1.91 bits per heavy atom. The van der Waals surface area contributed by atoms with Gasteiger partial charge in [0.05, 0.1) is 5.56 Å². The Balaban J connectivity index is 2.99. The molecule has 0 fully saturated rings. The topological polar surface area (TPSA) is 73.6 Å². The van der Waals surface area contributed by atoms with E-state index in [9.17, 15) is 0 Å². The van der Waals surface area contributed by atoms with E-state index in [1.165, 1.54) is 12.3 Å². The van der Waals surface area contributed by atoms with E-state index in [2.05, 4.69) is 4.98 Å². The predicted molar refractivity (Wildman–Crippen MR) is 37.3 cm³/mol. The summed E-state index contributed by atoms with van der Waals surface area (Å²) >= 11 is 0. The molecule has 0 saturated carbocycles.